The minimum absolute atomic E-state index is 0.183. The van der Waals surface area contributed by atoms with Crippen molar-refractivity contribution in [1.29, 1.82) is 0 Å². The van der Waals surface area contributed by atoms with E-state index in [2.05, 4.69) is 0 Å². The number of carboxylic acid groups (broad SMARTS) is 1. The zero-order chi connectivity index (χ0) is 15.9. The second kappa shape index (κ2) is 7.91. The Morgan fingerprint density at radius 2 is 1.76 bits per heavy atom. The Kier molecular flexibility index (Phi) is 6.53. The molecular formula is C17H26O4. The maximum atomic E-state index is 10.8. The molecule has 0 aliphatic heterocycles. The average molecular weight is 294 g/mol. The standard InChI is InChI=1S/C17H26O4/c1-5-20-14-8-7-13(11-15(14)21-6-2)9-10-17(3,4)12-16(18)19/h7-8,11H,5-6,9-10,12H2,1-4H3,(H,18,19). The summed E-state index contributed by atoms with van der Waals surface area (Å²) in [5.74, 6) is 0.766. The fraction of sp³-hybridized carbons (Fsp3) is 0.588. The molecule has 0 heterocycles. The van der Waals surface area contributed by atoms with E-state index in [1.807, 2.05) is 45.9 Å². The lowest BCUT2D eigenvalue weighted by Crippen LogP contribution is -2.17. The third kappa shape index (κ3) is 6.06. The molecule has 4 heteroatoms. The lowest BCUT2D eigenvalue weighted by atomic mass is 9.83. The van der Waals surface area contributed by atoms with E-state index in [4.69, 9.17) is 14.6 Å². The van der Waals surface area contributed by atoms with Gasteiger partial charge in [0.1, 0.15) is 0 Å². The lowest BCUT2D eigenvalue weighted by molar-refractivity contribution is -0.139. The fourth-order valence-corrected chi connectivity index (χ4v) is 2.23. The molecule has 1 aromatic rings. The van der Waals surface area contributed by atoms with E-state index in [0.29, 0.717) is 13.2 Å². The van der Waals surface area contributed by atoms with Gasteiger partial charge in [-0.25, -0.2) is 0 Å². The van der Waals surface area contributed by atoms with Crippen LogP contribution in [0.25, 0.3) is 0 Å². The van der Waals surface area contributed by atoms with Crippen LogP contribution in [0.15, 0.2) is 18.2 Å². The highest BCUT2D eigenvalue weighted by molar-refractivity contribution is 5.67. The molecule has 0 aliphatic rings. The van der Waals surface area contributed by atoms with Gasteiger partial charge in [0.05, 0.1) is 19.6 Å². The molecule has 0 aromatic heterocycles. The lowest BCUT2D eigenvalue weighted by Gasteiger charge is -2.22. The summed E-state index contributed by atoms with van der Waals surface area (Å²) < 4.78 is 11.1. The van der Waals surface area contributed by atoms with Crippen molar-refractivity contribution < 1.29 is 19.4 Å². The SMILES string of the molecule is CCOc1ccc(CCC(C)(C)CC(=O)O)cc1OCC. The predicted molar refractivity (Wildman–Crippen MR) is 83.1 cm³/mol. The first-order valence-electron chi connectivity index (χ1n) is 7.48. The molecule has 118 valence electrons. The van der Waals surface area contributed by atoms with Crippen LogP contribution in [-0.2, 0) is 11.2 Å². The van der Waals surface area contributed by atoms with Gasteiger partial charge in [0.25, 0.3) is 0 Å². The molecule has 0 radical (unpaired) electrons. The molecule has 0 saturated carbocycles. The Morgan fingerprint density at radius 3 is 2.33 bits per heavy atom. The summed E-state index contributed by atoms with van der Waals surface area (Å²) in [6.07, 6.45) is 1.83. The molecule has 1 aromatic carbocycles. The summed E-state index contributed by atoms with van der Waals surface area (Å²) in [6, 6.07) is 5.93. The summed E-state index contributed by atoms with van der Waals surface area (Å²) in [4.78, 5) is 10.8. The first kappa shape index (κ1) is 17.3. The van der Waals surface area contributed by atoms with E-state index in [1.165, 1.54) is 0 Å². The van der Waals surface area contributed by atoms with E-state index in [1.54, 1.807) is 0 Å². The number of carboxylic acids is 1. The maximum absolute atomic E-state index is 10.8. The van der Waals surface area contributed by atoms with Gasteiger partial charge in [0, 0.05) is 0 Å². The molecule has 0 fully saturated rings. The van der Waals surface area contributed by atoms with Crippen molar-refractivity contribution in [3.8, 4) is 11.5 Å². The van der Waals surface area contributed by atoms with Gasteiger partial charge < -0.3 is 14.6 Å². The van der Waals surface area contributed by atoms with Crippen molar-refractivity contribution in [2.75, 3.05) is 13.2 Å². The largest absolute Gasteiger partial charge is 0.490 e. The van der Waals surface area contributed by atoms with Crippen LogP contribution in [0.2, 0.25) is 0 Å². The van der Waals surface area contributed by atoms with E-state index in [0.717, 1.165) is 29.9 Å². The third-order valence-electron chi connectivity index (χ3n) is 3.33. The highest BCUT2D eigenvalue weighted by Gasteiger charge is 2.21. The van der Waals surface area contributed by atoms with Gasteiger partial charge in [-0.15, -0.1) is 0 Å². The Labute approximate surface area is 127 Å². The molecule has 0 bridgehead atoms. The molecule has 21 heavy (non-hydrogen) atoms. The van der Waals surface area contributed by atoms with E-state index in [9.17, 15) is 4.79 Å². The summed E-state index contributed by atoms with van der Waals surface area (Å²) in [5, 5.41) is 8.92. The van der Waals surface area contributed by atoms with Crippen LogP contribution in [0, 0.1) is 5.41 Å². The first-order chi connectivity index (χ1) is 9.88. The van der Waals surface area contributed by atoms with Gasteiger partial charge in [-0.2, -0.15) is 0 Å². The van der Waals surface area contributed by atoms with Crippen LogP contribution in [-0.4, -0.2) is 24.3 Å². The monoisotopic (exact) mass is 294 g/mol. The second-order valence-electron chi connectivity index (χ2n) is 5.88. The highest BCUT2D eigenvalue weighted by Crippen LogP contribution is 2.31. The first-order valence-corrected chi connectivity index (χ1v) is 7.48. The summed E-state index contributed by atoms with van der Waals surface area (Å²) in [6.45, 7) is 9.05. The molecule has 1 rings (SSSR count). The van der Waals surface area contributed by atoms with Crippen LogP contribution in [0.5, 0.6) is 11.5 Å². The molecule has 0 amide bonds. The molecule has 0 spiro atoms. The van der Waals surface area contributed by atoms with Gasteiger partial charge in [0.15, 0.2) is 11.5 Å². The predicted octanol–water partition coefficient (Wildman–Crippen LogP) is 3.92. The smallest absolute Gasteiger partial charge is 0.303 e. The van der Waals surface area contributed by atoms with Crippen LogP contribution in [0.1, 0.15) is 46.1 Å². The third-order valence-corrected chi connectivity index (χ3v) is 3.33. The Balaban J connectivity index is 2.75. The maximum Gasteiger partial charge on any atom is 0.303 e. The number of ether oxygens (including phenoxy) is 2. The number of aryl methyl sites for hydroxylation is 1. The minimum atomic E-state index is -0.748. The van der Waals surface area contributed by atoms with E-state index >= 15 is 0 Å². The van der Waals surface area contributed by atoms with Crippen LogP contribution >= 0.6 is 0 Å². The van der Waals surface area contributed by atoms with Crippen molar-refractivity contribution in [2.24, 2.45) is 5.41 Å². The number of hydrogen-bond donors (Lipinski definition) is 1. The zero-order valence-electron chi connectivity index (χ0n) is 13.4. The Hall–Kier alpha value is -1.71. The molecule has 0 atom stereocenters. The van der Waals surface area contributed by atoms with Crippen molar-refractivity contribution in [3.05, 3.63) is 23.8 Å². The minimum Gasteiger partial charge on any atom is -0.490 e. The van der Waals surface area contributed by atoms with Crippen molar-refractivity contribution in [3.63, 3.8) is 0 Å². The van der Waals surface area contributed by atoms with Crippen LogP contribution < -0.4 is 9.47 Å². The number of hydrogen-bond acceptors (Lipinski definition) is 3. The molecular weight excluding hydrogens is 268 g/mol. The molecule has 1 N–H and O–H groups in total. The molecule has 0 unspecified atom stereocenters. The highest BCUT2D eigenvalue weighted by atomic mass is 16.5. The van der Waals surface area contributed by atoms with E-state index < -0.39 is 5.97 Å². The summed E-state index contributed by atoms with van der Waals surface area (Å²) >= 11 is 0. The quantitative estimate of drug-likeness (QED) is 0.750. The summed E-state index contributed by atoms with van der Waals surface area (Å²) in [5.41, 5.74) is 0.927. The van der Waals surface area contributed by atoms with Gasteiger partial charge in [0.2, 0.25) is 0 Å². The second-order valence-corrected chi connectivity index (χ2v) is 5.88. The molecule has 0 saturated heterocycles. The van der Waals surface area contributed by atoms with Crippen molar-refractivity contribution in [2.45, 2.75) is 47.0 Å². The number of benzene rings is 1. The zero-order valence-corrected chi connectivity index (χ0v) is 13.4. The number of aliphatic carboxylic acids is 1. The normalized spacial score (nSPS) is 11.2. The average Bonchev–Trinajstić information content (AvgIpc) is 2.38. The molecule has 4 nitrogen and oxygen atoms in total. The van der Waals surface area contributed by atoms with Crippen LogP contribution in [0.4, 0.5) is 0 Å². The van der Waals surface area contributed by atoms with Crippen LogP contribution in [0.3, 0.4) is 0 Å². The Morgan fingerprint density at radius 1 is 1.14 bits per heavy atom. The Bertz CT molecular complexity index is 466. The number of carbonyl (C=O) groups is 1. The van der Waals surface area contributed by atoms with Crippen molar-refractivity contribution in [1.82, 2.24) is 0 Å². The summed E-state index contributed by atoms with van der Waals surface area (Å²) in [7, 11) is 0. The van der Waals surface area contributed by atoms with Gasteiger partial charge in [-0.3, -0.25) is 4.79 Å². The van der Waals surface area contributed by atoms with E-state index in [-0.39, 0.29) is 11.8 Å². The topological polar surface area (TPSA) is 55.8 Å². The van der Waals surface area contributed by atoms with Gasteiger partial charge in [-0.1, -0.05) is 19.9 Å². The van der Waals surface area contributed by atoms with Gasteiger partial charge in [-0.05, 0) is 49.8 Å². The number of rotatable bonds is 9. The van der Waals surface area contributed by atoms with Crippen molar-refractivity contribution >= 4 is 5.97 Å². The van der Waals surface area contributed by atoms with Gasteiger partial charge >= 0.3 is 5.97 Å². The fourth-order valence-electron chi connectivity index (χ4n) is 2.23. The molecule has 0 aliphatic carbocycles.